The second-order valence-electron chi connectivity index (χ2n) is 6.07. The lowest BCUT2D eigenvalue weighted by atomic mass is 9.81. The summed E-state index contributed by atoms with van der Waals surface area (Å²) in [6.07, 6.45) is -1.03. The molecule has 1 aromatic rings. The van der Waals surface area contributed by atoms with Crippen LogP contribution in [0.4, 0.5) is 0 Å². The first-order chi connectivity index (χ1) is 10.8. The standard InChI is InChI=1S/C15H16ClNO5S/c16-6-2-1-3-7(4-6)23-5-8-12(18)9-10(13(19)20)11(9)15(8,17)14(21)22/h1-4,8-12,18H,5,17H2,(H,19,20)(H,21,22)/t8-,9+,10+,11+,12-,15+/m1/s1. The maximum Gasteiger partial charge on any atom is 0.324 e. The maximum absolute atomic E-state index is 11.7. The lowest BCUT2D eigenvalue weighted by Crippen LogP contribution is -2.58. The minimum Gasteiger partial charge on any atom is -0.481 e. The molecule has 1 aromatic carbocycles. The lowest BCUT2D eigenvalue weighted by molar-refractivity contribution is -0.148. The SMILES string of the molecule is N[C@]1(C(=O)O)[C@@H]2[C@@H](C(=O)O)[C@@H]2[C@H](O)[C@H]1CSc1cccc(Cl)c1. The number of benzene rings is 1. The molecule has 8 heteroatoms. The Morgan fingerprint density at radius 3 is 2.61 bits per heavy atom. The van der Waals surface area contributed by atoms with Crippen molar-refractivity contribution < 1.29 is 24.9 Å². The molecular formula is C15H16ClNO5S. The van der Waals surface area contributed by atoms with Gasteiger partial charge < -0.3 is 21.1 Å². The van der Waals surface area contributed by atoms with Gasteiger partial charge in [-0.2, -0.15) is 0 Å². The molecule has 2 aliphatic rings. The number of nitrogens with two attached hydrogens (primary N) is 1. The van der Waals surface area contributed by atoms with Crippen LogP contribution in [0.2, 0.25) is 5.02 Å². The first-order valence-electron chi connectivity index (χ1n) is 7.10. The van der Waals surface area contributed by atoms with Crippen LogP contribution in [-0.2, 0) is 9.59 Å². The van der Waals surface area contributed by atoms with Crippen molar-refractivity contribution in [3.05, 3.63) is 29.3 Å². The molecule has 3 rings (SSSR count). The number of carboxylic acids is 2. The average molecular weight is 358 g/mol. The van der Waals surface area contributed by atoms with Gasteiger partial charge in [0.2, 0.25) is 0 Å². The van der Waals surface area contributed by atoms with E-state index >= 15 is 0 Å². The monoisotopic (exact) mass is 357 g/mol. The van der Waals surface area contributed by atoms with E-state index in [1.165, 1.54) is 11.8 Å². The number of carbonyl (C=O) groups is 2. The molecule has 0 saturated heterocycles. The van der Waals surface area contributed by atoms with Crippen LogP contribution in [-0.4, -0.2) is 44.7 Å². The number of aliphatic hydroxyl groups excluding tert-OH is 1. The van der Waals surface area contributed by atoms with Crippen molar-refractivity contribution in [3.63, 3.8) is 0 Å². The highest BCUT2D eigenvalue weighted by Crippen LogP contribution is 2.64. The molecule has 5 N–H and O–H groups in total. The van der Waals surface area contributed by atoms with Crippen LogP contribution in [0, 0.1) is 23.7 Å². The van der Waals surface area contributed by atoms with Gasteiger partial charge in [0.15, 0.2) is 0 Å². The minimum absolute atomic E-state index is 0.281. The fourth-order valence-corrected chi connectivity index (χ4v) is 5.26. The number of hydrogen-bond acceptors (Lipinski definition) is 5. The Morgan fingerprint density at radius 2 is 2.04 bits per heavy atom. The maximum atomic E-state index is 11.7. The zero-order valence-electron chi connectivity index (χ0n) is 11.9. The first-order valence-corrected chi connectivity index (χ1v) is 8.46. The molecule has 2 aliphatic carbocycles. The molecule has 6 nitrogen and oxygen atoms in total. The molecule has 23 heavy (non-hydrogen) atoms. The molecule has 0 unspecified atom stereocenters. The zero-order chi connectivity index (χ0) is 16.9. The summed E-state index contributed by atoms with van der Waals surface area (Å²) >= 11 is 7.27. The van der Waals surface area contributed by atoms with Gasteiger partial charge in [-0.1, -0.05) is 17.7 Å². The topological polar surface area (TPSA) is 121 Å². The highest BCUT2D eigenvalue weighted by Gasteiger charge is 2.77. The molecule has 0 amide bonds. The summed E-state index contributed by atoms with van der Waals surface area (Å²) in [5.74, 6) is -4.98. The van der Waals surface area contributed by atoms with Crippen molar-refractivity contribution in [2.24, 2.45) is 29.4 Å². The van der Waals surface area contributed by atoms with Crippen LogP contribution >= 0.6 is 23.4 Å². The number of aliphatic hydroxyl groups is 1. The second kappa shape index (κ2) is 5.66. The Labute approximate surface area is 141 Å². The molecule has 0 bridgehead atoms. The summed E-state index contributed by atoms with van der Waals surface area (Å²) in [4.78, 5) is 23.7. The highest BCUT2D eigenvalue weighted by atomic mass is 35.5. The summed E-state index contributed by atoms with van der Waals surface area (Å²) in [5.41, 5.74) is 4.36. The highest BCUT2D eigenvalue weighted by molar-refractivity contribution is 7.99. The average Bonchev–Trinajstić information content (AvgIpc) is 3.18. The molecule has 0 aromatic heterocycles. The van der Waals surface area contributed by atoms with E-state index in [-0.39, 0.29) is 5.75 Å². The summed E-state index contributed by atoms with van der Waals surface area (Å²) in [6, 6.07) is 7.08. The summed E-state index contributed by atoms with van der Waals surface area (Å²) in [6.45, 7) is 0. The van der Waals surface area contributed by atoms with Gasteiger partial charge in [-0.05, 0) is 18.2 Å². The second-order valence-corrected chi connectivity index (χ2v) is 7.60. The molecule has 6 atom stereocenters. The normalized spacial score (nSPS) is 38.1. The predicted molar refractivity (Wildman–Crippen MR) is 84.3 cm³/mol. The van der Waals surface area contributed by atoms with Gasteiger partial charge in [0.25, 0.3) is 0 Å². The van der Waals surface area contributed by atoms with E-state index in [1.807, 2.05) is 6.07 Å². The molecule has 0 aliphatic heterocycles. The third kappa shape index (κ3) is 2.52. The fourth-order valence-electron chi connectivity index (χ4n) is 3.77. The summed E-state index contributed by atoms with van der Waals surface area (Å²) < 4.78 is 0. The van der Waals surface area contributed by atoms with Crippen molar-refractivity contribution in [2.45, 2.75) is 16.5 Å². The van der Waals surface area contributed by atoms with Crippen LogP contribution in [0.15, 0.2) is 29.2 Å². The molecule has 2 saturated carbocycles. The van der Waals surface area contributed by atoms with Crippen LogP contribution in [0.1, 0.15) is 0 Å². The van der Waals surface area contributed by atoms with Gasteiger partial charge in [-0.25, -0.2) is 0 Å². The van der Waals surface area contributed by atoms with Gasteiger partial charge >= 0.3 is 11.9 Å². The molecule has 0 radical (unpaired) electrons. The van der Waals surface area contributed by atoms with E-state index in [0.717, 1.165) is 4.90 Å². The van der Waals surface area contributed by atoms with Crippen molar-refractivity contribution in [1.29, 1.82) is 0 Å². The van der Waals surface area contributed by atoms with Gasteiger partial charge in [0.05, 0.1) is 12.0 Å². The first kappa shape index (κ1) is 16.6. The molecule has 124 valence electrons. The van der Waals surface area contributed by atoms with Crippen LogP contribution in [0.3, 0.4) is 0 Å². The van der Waals surface area contributed by atoms with E-state index < -0.39 is 47.3 Å². The van der Waals surface area contributed by atoms with E-state index in [4.69, 9.17) is 22.4 Å². The number of halogens is 1. The number of fused-ring (bicyclic) bond motifs is 1. The Bertz CT molecular complexity index is 671. The van der Waals surface area contributed by atoms with Gasteiger partial charge in [-0.3, -0.25) is 9.59 Å². The van der Waals surface area contributed by atoms with Crippen molar-refractivity contribution in [2.75, 3.05) is 5.75 Å². The predicted octanol–water partition coefficient (Wildman–Crippen LogP) is 1.15. The van der Waals surface area contributed by atoms with Crippen molar-refractivity contribution in [3.8, 4) is 0 Å². The van der Waals surface area contributed by atoms with Crippen molar-refractivity contribution >= 4 is 35.3 Å². The number of aliphatic carboxylic acids is 2. The minimum atomic E-state index is -1.72. The van der Waals surface area contributed by atoms with Crippen LogP contribution < -0.4 is 5.73 Å². The Kier molecular flexibility index (Phi) is 4.08. The quantitative estimate of drug-likeness (QED) is 0.583. The molecular weight excluding hydrogens is 342 g/mol. The largest absolute Gasteiger partial charge is 0.481 e. The third-order valence-electron chi connectivity index (χ3n) is 4.93. The number of rotatable bonds is 5. The van der Waals surface area contributed by atoms with E-state index in [0.29, 0.717) is 5.02 Å². The number of thioether (sulfide) groups is 1. The van der Waals surface area contributed by atoms with Crippen LogP contribution in [0.25, 0.3) is 0 Å². The molecule has 0 spiro atoms. The van der Waals surface area contributed by atoms with E-state index in [9.17, 15) is 19.8 Å². The Morgan fingerprint density at radius 1 is 1.35 bits per heavy atom. The zero-order valence-corrected chi connectivity index (χ0v) is 13.5. The number of carboxylic acid groups (broad SMARTS) is 2. The smallest absolute Gasteiger partial charge is 0.324 e. The molecule has 0 heterocycles. The van der Waals surface area contributed by atoms with Crippen molar-refractivity contribution in [1.82, 2.24) is 0 Å². The van der Waals surface area contributed by atoms with Gasteiger partial charge in [0.1, 0.15) is 5.54 Å². The summed E-state index contributed by atoms with van der Waals surface area (Å²) in [7, 11) is 0. The van der Waals surface area contributed by atoms with Gasteiger partial charge in [-0.15, -0.1) is 11.8 Å². The summed E-state index contributed by atoms with van der Waals surface area (Å²) in [5, 5.41) is 29.6. The fraction of sp³-hybridized carbons (Fsp3) is 0.467. The Hall–Kier alpha value is -1.28. The van der Waals surface area contributed by atoms with Crippen LogP contribution in [0.5, 0.6) is 0 Å². The van der Waals surface area contributed by atoms with E-state index in [1.54, 1.807) is 18.2 Å². The third-order valence-corrected chi connectivity index (χ3v) is 6.28. The van der Waals surface area contributed by atoms with E-state index in [2.05, 4.69) is 0 Å². The Balaban J connectivity index is 1.79. The number of hydrogen-bond donors (Lipinski definition) is 4. The molecule has 2 fully saturated rings. The lowest BCUT2D eigenvalue weighted by Gasteiger charge is -2.32. The van der Waals surface area contributed by atoms with Gasteiger partial charge in [0, 0.05) is 33.4 Å².